The van der Waals surface area contributed by atoms with E-state index >= 15 is 0 Å². The Morgan fingerprint density at radius 2 is 1.60 bits per heavy atom. The smallest absolute Gasteiger partial charge is 0.219 e. The second-order valence-electron chi connectivity index (χ2n) is 13.6. The third kappa shape index (κ3) is 4.87. The molecule has 0 spiro atoms. The lowest BCUT2D eigenvalue weighted by Gasteiger charge is -2.20. The first-order valence-electron chi connectivity index (χ1n) is 14.7. The quantitative estimate of drug-likeness (QED) is 0.234. The highest BCUT2D eigenvalue weighted by Crippen LogP contribution is 2.40. The number of aromatic nitrogens is 3. The third-order valence-electron chi connectivity index (χ3n) is 8.07. The van der Waals surface area contributed by atoms with E-state index in [1.807, 2.05) is 24.4 Å². The van der Waals surface area contributed by atoms with E-state index < -0.39 is 0 Å². The molecular weight excluding hydrogens is 518 g/mol. The van der Waals surface area contributed by atoms with E-state index in [0.29, 0.717) is 23.1 Å². The molecule has 42 heavy (non-hydrogen) atoms. The lowest BCUT2D eigenvalue weighted by molar-refractivity contribution is 0.459. The van der Waals surface area contributed by atoms with Crippen molar-refractivity contribution in [3.05, 3.63) is 95.7 Å². The third-order valence-corrected chi connectivity index (χ3v) is 8.07. The van der Waals surface area contributed by atoms with Crippen LogP contribution in [0.4, 0.5) is 0 Å². The van der Waals surface area contributed by atoms with E-state index in [1.54, 1.807) is 6.07 Å². The number of ether oxygens (including phenoxy) is 1. The number of aromatic hydroxyl groups is 1. The van der Waals surface area contributed by atoms with Crippen LogP contribution in [0.5, 0.6) is 17.4 Å². The van der Waals surface area contributed by atoms with E-state index in [-0.39, 0.29) is 16.6 Å². The van der Waals surface area contributed by atoms with Gasteiger partial charge in [0.1, 0.15) is 22.8 Å². The van der Waals surface area contributed by atoms with Gasteiger partial charge in [0.25, 0.3) is 0 Å². The summed E-state index contributed by atoms with van der Waals surface area (Å²) >= 11 is 0. The van der Waals surface area contributed by atoms with Crippen LogP contribution in [0.2, 0.25) is 0 Å². The average molecular weight is 558 g/mol. The highest BCUT2D eigenvalue weighted by Gasteiger charge is 2.23. The molecule has 5 nitrogen and oxygen atoms in total. The number of pyridine rings is 2. The molecule has 0 unspecified atom stereocenters. The Bertz CT molecular complexity index is 1970. The predicted molar refractivity (Wildman–Crippen MR) is 174 cm³/mol. The molecule has 0 bridgehead atoms. The van der Waals surface area contributed by atoms with Gasteiger partial charge in [0, 0.05) is 34.5 Å². The minimum absolute atomic E-state index is 0.0368. The maximum absolute atomic E-state index is 10.8. The van der Waals surface area contributed by atoms with E-state index in [2.05, 4.69) is 113 Å². The standard InChI is InChI=1S/C37H39N3O2/c1-22(2)23-16-17-38-32(19-23)40-29-11-9-10-28(37(6,7)8)34(29)27-14-13-26(21-30(27)40)42-33-15-12-24-18-25(36(3,4)5)20-31(41)35(24)39-33/h9-22,41H,1-8H3. The Morgan fingerprint density at radius 3 is 2.31 bits per heavy atom. The fourth-order valence-electron chi connectivity index (χ4n) is 5.71. The Morgan fingerprint density at radius 1 is 0.810 bits per heavy atom. The van der Waals surface area contributed by atoms with Gasteiger partial charge < -0.3 is 9.84 Å². The van der Waals surface area contributed by atoms with Crippen molar-refractivity contribution in [2.24, 2.45) is 0 Å². The molecule has 3 aromatic carbocycles. The maximum Gasteiger partial charge on any atom is 0.219 e. The number of phenols is 1. The molecule has 0 aliphatic rings. The molecule has 0 atom stereocenters. The Balaban J connectivity index is 1.52. The van der Waals surface area contributed by atoms with Crippen molar-refractivity contribution in [1.29, 1.82) is 0 Å². The van der Waals surface area contributed by atoms with E-state index in [0.717, 1.165) is 33.2 Å². The van der Waals surface area contributed by atoms with Gasteiger partial charge in [-0.1, -0.05) is 67.5 Å². The van der Waals surface area contributed by atoms with Crippen LogP contribution >= 0.6 is 0 Å². The van der Waals surface area contributed by atoms with E-state index in [4.69, 9.17) is 9.72 Å². The van der Waals surface area contributed by atoms with Gasteiger partial charge in [-0.25, -0.2) is 9.97 Å². The van der Waals surface area contributed by atoms with Gasteiger partial charge in [0.2, 0.25) is 5.88 Å². The van der Waals surface area contributed by atoms with Gasteiger partial charge in [-0.3, -0.25) is 4.57 Å². The molecular formula is C37H39N3O2. The number of fused-ring (bicyclic) bond motifs is 4. The lowest BCUT2D eigenvalue weighted by atomic mass is 9.84. The normalized spacial score (nSPS) is 12.6. The van der Waals surface area contributed by atoms with E-state index in [9.17, 15) is 5.11 Å². The summed E-state index contributed by atoms with van der Waals surface area (Å²) in [6, 6.07) is 24.7. The summed E-state index contributed by atoms with van der Waals surface area (Å²) in [6.45, 7) is 17.6. The minimum Gasteiger partial charge on any atom is -0.506 e. The largest absolute Gasteiger partial charge is 0.506 e. The van der Waals surface area contributed by atoms with Crippen LogP contribution in [0.1, 0.15) is 78.0 Å². The second-order valence-corrected chi connectivity index (χ2v) is 13.6. The molecule has 0 fully saturated rings. The second kappa shape index (κ2) is 9.87. The van der Waals surface area contributed by atoms with Crippen LogP contribution in [0.15, 0.2) is 79.0 Å². The first-order chi connectivity index (χ1) is 19.8. The number of benzene rings is 3. The van der Waals surface area contributed by atoms with Gasteiger partial charge in [-0.15, -0.1) is 0 Å². The molecule has 0 aliphatic heterocycles. The summed E-state index contributed by atoms with van der Waals surface area (Å²) in [5.41, 5.74) is 6.14. The molecule has 0 radical (unpaired) electrons. The zero-order chi connectivity index (χ0) is 30.0. The van der Waals surface area contributed by atoms with Crippen molar-refractivity contribution < 1.29 is 9.84 Å². The fraction of sp³-hybridized carbons (Fsp3) is 0.297. The van der Waals surface area contributed by atoms with Gasteiger partial charge >= 0.3 is 0 Å². The summed E-state index contributed by atoms with van der Waals surface area (Å²) < 4.78 is 8.58. The highest BCUT2D eigenvalue weighted by molar-refractivity contribution is 6.11. The summed E-state index contributed by atoms with van der Waals surface area (Å²) in [6.07, 6.45) is 1.90. The first kappa shape index (κ1) is 27.8. The molecule has 3 heterocycles. The van der Waals surface area contributed by atoms with Crippen LogP contribution in [-0.2, 0) is 10.8 Å². The average Bonchev–Trinajstić information content (AvgIpc) is 3.26. The zero-order valence-corrected chi connectivity index (χ0v) is 25.8. The van der Waals surface area contributed by atoms with Gasteiger partial charge in [-0.05, 0) is 82.0 Å². The van der Waals surface area contributed by atoms with Crippen LogP contribution in [0.25, 0.3) is 38.5 Å². The first-order valence-corrected chi connectivity index (χ1v) is 14.7. The summed E-state index contributed by atoms with van der Waals surface area (Å²) in [5.74, 6) is 2.52. The molecule has 6 rings (SSSR count). The van der Waals surface area contributed by atoms with E-state index in [1.165, 1.54) is 16.5 Å². The summed E-state index contributed by atoms with van der Waals surface area (Å²) in [7, 11) is 0. The van der Waals surface area contributed by atoms with Crippen molar-refractivity contribution >= 4 is 32.7 Å². The fourth-order valence-corrected chi connectivity index (χ4v) is 5.71. The number of hydrogen-bond donors (Lipinski definition) is 1. The number of rotatable bonds is 4. The van der Waals surface area contributed by atoms with Crippen LogP contribution in [0, 0.1) is 0 Å². The van der Waals surface area contributed by atoms with Crippen LogP contribution < -0.4 is 4.74 Å². The summed E-state index contributed by atoms with van der Waals surface area (Å²) in [4.78, 5) is 9.50. The van der Waals surface area contributed by atoms with Crippen molar-refractivity contribution in [3.8, 4) is 23.2 Å². The molecule has 0 amide bonds. The minimum atomic E-state index is -0.0783. The highest BCUT2D eigenvalue weighted by atomic mass is 16.5. The molecule has 6 aromatic rings. The Labute approximate surface area is 247 Å². The number of phenolic OH excluding ortho intramolecular Hbond substituents is 1. The summed E-state index contributed by atoms with van der Waals surface area (Å²) in [5, 5.41) is 14.1. The van der Waals surface area contributed by atoms with Gasteiger partial charge in [-0.2, -0.15) is 0 Å². The van der Waals surface area contributed by atoms with Crippen molar-refractivity contribution in [1.82, 2.24) is 14.5 Å². The maximum atomic E-state index is 10.8. The topological polar surface area (TPSA) is 60.2 Å². The molecule has 0 aliphatic carbocycles. The monoisotopic (exact) mass is 557 g/mol. The molecule has 1 N–H and O–H groups in total. The molecule has 0 saturated heterocycles. The number of hydrogen-bond acceptors (Lipinski definition) is 4. The van der Waals surface area contributed by atoms with Crippen LogP contribution in [-0.4, -0.2) is 19.6 Å². The van der Waals surface area contributed by atoms with Crippen LogP contribution in [0.3, 0.4) is 0 Å². The number of nitrogens with zero attached hydrogens (tertiary/aromatic N) is 3. The SMILES string of the molecule is CC(C)c1ccnc(-n2c3cc(Oc4ccc5cc(C(C)(C)C)cc(O)c5n4)ccc3c3c(C(C)(C)C)cccc32)c1. The van der Waals surface area contributed by atoms with Gasteiger partial charge in [0.05, 0.1) is 11.0 Å². The van der Waals surface area contributed by atoms with Crippen molar-refractivity contribution in [3.63, 3.8) is 0 Å². The lowest BCUT2D eigenvalue weighted by Crippen LogP contribution is -2.11. The van der Waals surface area contributed by atoms with Crippen molar-refractivity contribution in [2.75, 3.05) is 0 Å². The predicted octanol–water partition coefficient (Wildman–Crippen LogP) is 9.94. The molecule has 5 heteroatoms. The Kier molecular flexibility index (Phi) is 6.53. The van der Waals surface area contributed by atoms with Crippen molar-refractivity contribution in [2.45, 2.75) is 72.1 Å². The Hall–Kier alpha value is -4.38. The molecule has 214 valence electrons. The zero-order valence-electron chi connectivity index (χ0n) is 25.8. The van der Waals surface area contributed by atoms with Gasteiger partial charge in [0.15, 0.2) is 0 Å². The molecule has 3 aromatic heterocycles. The molecule has 0 saturated carbocycles.